The molecule has 0 aromatic rings. The summed E-state index contributed by atoms with van der Waals surface area (Å²) in [4.78, 5) is 30.2. The molecule has 1 fully saturated rings. The maximum atomic E-state index is 12.4. The molecular weight excluding hydrogens is 457 g/mol. The van der Waals surface area contributed by atoms with Crippen molar-refractivity contribution in [2.75, 3.05) is 19.6 Å². The third kappa shape index (κ3) is 8.23. The molecule has 0 aliphatic carbocycles. The average molecular weight is 495 g/mol. The molecule has 1 aliphatic heterocycles. The standard InChI is InChI=1S/C19H37N5O2.HI/c1-7-19(6)16(25)24(18(26)23-19)13-9-12-21-17(20-8-2)22-15(5)11-10-14(3)4;/h14-15H,7-13H2,1-6H3,(H,23,26)(H2,20,21,22);1H. The van der Waals surface area contributed by atoms with Crippen molar-refractivity contribution in [3.05, 3.63) is 0 Å². The van der Waals surface area contributed by atoms with Crippen molar-refractivity contribution in [1.29, 1.82) is 0 Å². The molecule has 3 amide bonds. The molecule has 2 atom stereocenters. The number of amides is 3. The van der Waals surface area contributed by atoms with E-state index >= 15 is 0 Å². The Bertz CT molecular complexity index is 512. The molecule has 158 valence electrons. The van der Waals surface area contributed by atoms with Crippen molar-refractivity contribution in [2.24, 2.45) is 10.9 Å². The Balaban J connectivity index is 0.00000676. The van der Waals surface area contributed by atoms with Gasteiger partial charge in [0.05, 0.1) is 0 Å². The van der Waals surface area contributed by atoms with E-state index in [-0.39, 0.29) is 35.9 Å². The molecule has 27 heavy (non-hydrogen) atoms. The van der Waals surface area contributed by atoms with Crippen molar-refractivity contribution in [3.8, 4) is 0 Å². The topological polar surface area (TPSA) is 85.8 Å². The number of rotatable bonds is 10. The van der Waals surface area contributed by atoms with Gasteiger partial charge in [-0.3, -0.25) is 14.7 Å². The Hall–Kier alpha value is -1.06. The molecule has 7 nitrogen and oxygen atoms in total. The lowest BCUT2D eigenvalue weighted by Crippen LogP contribution is -2.43. The van der Waals surface area contributed by atoms with Crippen LogP contribution in [0.4, 0.5) is 4.79 Å². The second kappa shape index (κ2) is 12.4. The molecule has 2 unspecified atom stereocenters. The Morgan fingerprint density at radius 3 is 2.41 bits per heavy atom. The Morgan fingerprint density at radius 2 is 1.89 bits per heavy atom. The number of aliphatic imine (C=N–C) groups is 1. The molecule has 1 aliphatic rings. The molecule has 0 aromatic heterocycles. The number of carbonyl (C=O) groups excluding carboxylic acids is 2. The Labute approximate surface area is 181 Å². The highest BCUT2D eigenvalue weighted by Gasteiger charge is 2.45. The number of guanidine groups is 1. The summed E-state index contributed by atoms with van der Waals surface area (Å²) in [7, 11) is 0. The number of hydrogen-bond donors (Lipinski definition) is 3. The van der Waals surface area contributed by atoms with Crippen molar-refractivity contribution >= 4 is 41.9 Å². The predicted octanol–water partition coefficient (Wildman–Crippen LogP) is 3.09. The Morgan fingerprint density at radius 1 is 1.22 bits per heavy atom. The fraction of sp³-hybridized carbons (Fsp3) is 0.842. The number of imide groups is 1. The van der Waals surface area contributed by atoms with E-state index in [0.717, 1.165) is 18.9 Å². The maximum Gasteiger partial charge on any atom is 0.325 e. The number of carbonyl (C=O) groups is 2. The first-order chi connectivity index (χ1) is 12.2. The second-order valence-corrected chi connectivity index (χ2v) is 7.70. The highest BCUT2D eigenvalue weighted by atomic mass is 127. The molecule has 1 heterocycles. The fourth-order valence-corrected chi connectivity index (χ4v) is 2.82. The van der Waals surface area contributed by atoms with E-state index in [0.29, 0.717) is 37.9 Å². The monoisotopic (exact) mass is 495 g/mol. The van der Waals surface area contributed by atoms with Crippen molar-refractivity contribution < 1.29 is 9.59 Å². The first-order valence-corrected chi connectivity index (χ1v) is 9.92. The van der Waals surface area contributed by atoms with Crippen LogP contribution in [0, 0.1) is 5.92 Å². The van der Waals surface area contributed by atoms with Gasteiger partial charge in [0, 0.05) is 25.7 Å². The molecule has 1 saturated heterocycles. The zero-order chi connectivity index (χ0) is 19.7. The quantitative estimate of drug-likeness (QED) is 0.143. The van der Waals surface area contributed by atoms with Crippen LogP contribution in [0.15, 0.2) is 4.99 Å². The van der Waals surface area contributed by atoms with Crippen molar-refractivity contribution in [3.63, 3.8) is 0 Å². The van der Waals surface area contributed by atoms with Crippen LogP contribution in [-0.4, -0.2) is 54.0 Å². The van der Waals surface area contributed by atoms with Gasteiger partial charge in [0.15, 0.2) is 5.96 Å². The van der Waals surface area contributed by atoms with Gasteiger partial charge >= 0.3 is 6.03 Å². The van der Waals surface area contributed by atoms with Crippen LogP contribution in [0.2, 0.25) is 0 Å². The molecule has 0 saturated carbocycles. The third-order valence-electron chi connectivity index (χ3n) is 4.77. The molecule has 0 radical (unpaired) electrons. The molecule has 3 N–H and O–H groups in total. The summed E-state index contributed by atoms with van der Waals surface area (Å²) >= 11 is 0. The van der Waals surface area contributed by atoms with Gasteiger partial charge in [0.1, 0.15) is 5.54 Å². The van der Waals surface area contributed by atoms with Gasteiger partial charge < -0.3 is 16.0 Å². The summed E-state index contributed by atoms with van der Waals surface area (Å²) < 4.78 is 0. The number of urea groups is 1. The summed E-state index contributed by atoms with van der Waals surface area (Å²) in [5.41, 5.74) is -0.761. The van der Waals surface area contributed by atoms with Gasteiger partial charge in [0.2, 0.25) is 0 Å². The largest absolute Gasteiger partial charge is 0.357 e. The van der Waals surface area contributed by atoms with Crippen LogP contribution < -0.4 is 16.0 Å². The van der Waals surface area contributed by atoms with Crippen LogP contribution in [0.5, 0.6) is 0 Å². The highest BCUT2D eigenvalue weighted by molar-refractivity contribution is 14.0. The van der Waals surface area contributed by atoms with Gasteiger partial charge in [-0.15, -0.1) is 24.0 Å². The zero-order valence-electron chi connectivity index (χ0n) is 17.7. The van der Waals surface area contributed by atoms with E-state index in [1.807, 2.05) is 13.8 Å². The molecule has 0 aromatic carbocycles. The number of hydrogen-bond acceptors (Lipinski definition) is 3. The number of nitrogens with zero attached hydrogens (tertiary/aromatic N) is 2. The molecular formula is C19H38IN5O2. The maximum absolute atomic E-state index is 12.4. The van der Waals surface area contributed by atoms with Crippen molar-refractivity contribution in [2.45, 2.75) is 78.8 Å². The van der Waals surface area contributed by atoms with Gasteiger partial charge in [-0.05, 0) is 52.4 Å². The minimum absolute atomic E-state index is 0. The zero-order valence-corrected chi connectivity index (χ0v) is 20.1. The summed E-state index contributed by atoms with van der Waals surface area (Å²) in [6, 6.07) is 0.0575. The van der Waals surface area contributed by atoms with Gasteiger partial charge in [-0.1, -0.05) is 20.8 Å². The van der Waals surface area contributed by atoms with Crippen LogP contribution in [0.1, 0.15) is 67.2 Å². The Kier molecular flexibility index (Phi) is 11.9. The van der Waals surface area contributed by atoms with E-state index < -0.39 is 5.54 Å². The minimum atomic E-state index is -0.761. The fourth-order valence-electron chi connectivity index (χ4n) is 2.82. The lowest BCUT2D eigenvalue weighted by molar-refractivity contribution is -0.130. The van der Waals surface area contributed by atoms with E-state index in [9.17, 15) is 9.59 Å². The molecule has 0 spiro atoms. The van der Waals surface area contributed by atoms with Crippen LogP contribution in [0.25, 0.3) is 0 Å². The van der Waals surface area contributed by atoms with E-state index in [1.165, 1.54) is 11.3 Å². The van der Waals surface area contributed by atoms with Crippen LogP contribution in [-0.2, 0) is 4.79 Å². The SMILES string of the molecule is CCNC(=NCCCN1C(=O)NC(C)(CC)C1=O)NC(C)CCC(C)C.I. The second-order valence-electron chi connectivity index (χ2n) is 7.70. The van der Waals surface area contributed by atoms with Gasteiger partial charge in [-0.2, -0.15) is 0 Å². The van der Waals surface area contributed by atoms with Gasteiger partial charge in [-0.25, -0.2) is 4.79 Å². The molecule has 1 rings (SSSR count). The van der Waals surface area contributed by atoms with Gasteiger partial charge in [0.25, 0.3) is 5.91 Å². The minimum Gasteiger partial charge on any atom is -0.357 e. The van der Waals surface area contributed by atoms with E-state index in [4.69, 9.17) is 0 Å². The number of nitrogens with one attached hydrogen (secondary N) is 3. The predicted molar refractivity (Wildman–Crippen MR) is 122 cm³/mol. The third-order valence-corrected chi connectivity index (χ3v) is 4.77. The van der Waals surface area contributed by atoms with Crippen LogP contribution in [0.3, 0.4) is 0 Å². The van der Waals surface area contributed by atoms with Crippen LogP contribution >= 0.6 is 24.0 Å². The summed E-state index contributed by atoms with van der Waals surface area (Å²) in [6.45, 7) is 14.1. The van der Waals surface area contributed by atoms with E-state index in [1.54, 1.807) is 6.92 Å². The smallest absolute Gasteiger partial charge is 0.325 e. The molecule has 0 bridgehead atoms. The lowest BCUT2D eigenvalue weighted by Gasteiger charge is -2.19. The first kappa shape index (κ1) is 25.9. The number of halogens is 1. The van der Waals surface area contributed by atoms with Crippen molar-refractivity contribution in [1.82, 2.24) is 20.9 Å². The summed E-state index contributed by atoms with van der Waals surface area (Å²) in [5.74, 6) is 1.34. The summed E-state index contributed by atoms with van der Waals surface area (Å²) in [5, 5.41) is 9.44. The summed E-state index contributed by atoms with van der Waals surface area (Å²) in [6.07, 6.45) is 3.51. The molecule has 8 heteroatoms. The highest BCUT2D eigenvalue weighted by Crippen LogP contribution is 2.20. The normalized spacial score (nSPS) is 21.1. The van der Waals surface area contributed by atoms with E-state index in [2.05, 4.69) is 41.7 Å². The average Bonchev–Trinajstić information content (AvgIpc) is 2.80. The first-order valence-electron chi connectivity index (χ1n) is 9.92. The lowest BCUT2D eigenvalue weighted by atomic mass is 9.99.